The van der Waals surface area contributed by atoms with Crippen molar-refractivity contribution in [3.05, 3.63) is 42.5 Å². The summed E-state index contributed by atoms with van der Waals surface area (Å²) in [6, 6.07) is 8.64. The molecule has 0 aliphatic heterocycles. The number of imidazole rings is 1. The maximum atomic E-state index is 4.16. The molecule has 106 valence electrons. The van der Waals surface area contributed by atoms with Crippen molar-refractivity contribution in [1.82, 2.24) is 9.55 Å². The number of aryl methyl sites for hydroxylation is 1. The van der Waals surface area contributed by atoms with Crippen LogP contribution in [0.5, 0.6) is 0 Å². The normalized spacial score (nSPS) is 15.7. The molecule has 0 radical (unpaired) electrons. The van der Waals surface area contributed by atoms with E-state index < -0.39 is 0 Å². The van der Waals surface area contributed by atoms with Crippen LogP contribution < -0.4 is 5.32 Å². The third kappa shape index (κ3) is 3.18. The zero-order chi connectivity index (χ0) is 13.8. The maximum absolute atomic E-state index is 4.16. The summed E-state index contributed by atoms with van der Waals surface area (Å²) in [7, 11) is 2.03. The van der Waals surface area contributed by atoms with Gasteiger partial charge < -0.3 is 9.88 Å². The number of hydrogen-bond donors (Lipinski definition) is 1. The van der Waals surface area contributed by atoms with Crippen LogP contribution in [0.25, 0.3) is 0 Å². The van der Waals surface area contributed by atoms with Crippen molar-refractivity contribution in [3.63, 3.8) is 0 Å². The molecule has 1 saturated carbocycles. The van der Waals surface area contributed by atoms with Crippen molar-refractivity contribution >= 4 is 17.4 Å². The summed E-state index contributed by atoms with van der Waals surface area (Å²) >= 11 is 2.03. The van der Waals surface area contributed by atoms with Crippen LogP contribution in [0.2, 0.25) is 0 Å². The van der Waals surface area contributed by atoms with E-state index in [-0.39, 0.29) is 0 Å². The van der Waals surface area contributed by atoms with Crippen LogP contribution in [-0.2, 0) is 13.6 Å². The standard InChI is InChI=1S/C16H21N3S/c1-19-12-17-10-13(19)11-18-15-8-4-5-9-16(15)20-14-6-2-3-7-14/h4-5,8-10,12,14,18H,2-3,6-7,11H2,1H3. The number of aromatic nitrogens is 2. The summed E-state index contributed by atoms with van der Waals surface area (Å²) in [5.41, 5.74) is 2.44. The highest BCUT2D eigenvalue weighted by atomic mass is 32.2. The van der Waals surface area contributed by atoms with Gasteiger partial charge in [0.05, 0.1) is 18.6 Å². The predicted molar refractivity (Wildman–Crippen MR) is 85.1 cm³/mol. The zero-order valence-electron chi connectivity index (χ0n) is 11.9. The van der Waals surface area contributed by atoms with Gasteiger partial charge in [0.2, 0.25) is 0 Å². The molecular weight excluding hydrogens is 266 g/mol. The SMILES string of the molecule is Cn1cncc1CNc1ccccc1SC1CCCC1. The smallest absolute Gasteiger partial charge is 0.0946 e. The van der Waals surface area contributed by atoms with E-state index in [1.807, 2.05) is 31.3 Å². The van der Waals surface area contributed by atoms with Crippen LogP contribution in [0.15, 0.2) is 41.7 Å². The molecule has 20 heavy (non-hydrogen) atoms. The summed E-state index contributed by atoms with van der Waals surface area (Å²) in [5, 5.41) is 4.35. The number of rotatable bonds is 5. The molecule has 4 heteroatoms. The number of nitrogens with zero attached hydrogens (tertiary/aromatic N) is 2. The monoisotopic (exact) mass is 287 g/mol. The molecular formula is C16H21N3S. The largest absolute Gasteiger partial charge is 0.379 e. The Kier molecular flexibility index (Phi) is 4.31. The molecule has 0 saturated heterocycles. The highest BCUT2D eigenvalue weighted by Crippen LogP contribution is 2.38. The first-order chi connectivity index (χ1) is 9.83. The summed E-state index contributed by atoms with van der Waals surface area (Å²) in [4.78, 5) is 5.53. The molecule has 0 atom stereocenters. The van der Waals surface area contributed by atoms with Crippen molar-refractivity contribution in [2.45, 2.75) is 42.4 Å². The van der Waals surface area contributed by atoms with E-state index in [1.165, 1.54) is 42.0 Å². The Morgan fingerprint density at radius 3 is 2.85 bits per heavy atom. The molecule has 0 spiro atoms. The van der Waals surface area contributed by atoms with Crippen molar-refractivity contribution < 1.29 is 0 Å². The summed E-state index contributed by atoms with van der Waals surface area (Å²) in [6.07, 6.45) is 9.27. The van der Waals surface area contributed by atoms with E-state index in [9.17, 15) is 0 Å². The second-order valence-electron chi connectivity index (χ2n) is 5.37. The van der Waals surface area contributed by atoms with E-state index >= 15 is 0 Å². The van der Waals surface area contributed by atoms with Crippen molar-refractivity contribution in [3.8, 4) is 0 Å². The minimum Gasteiger partial charge on any atom is -0.379 e. The summed E-state index contributed by atoms with van der Waals surface area (Å²) in [5.74, 6) is 0. The highest BCUT2D eigenvalue weighted by molar-refractivity contribution is 8.00. The van der Waals surface area contributed by atoms with Crippen LogP contribution in [0.4, 0.5) is 5.69 Å². The molecule has 1 aliphatic carbocycles. The van der Waals surface area contributed by atoms with Gasteiger partial charge in [-0.05, 0) is 25.0 Å². The maximum Gasteiger partial charge on any atom is 0.0946 e. The lowest BCUT2D eigenvalue weighted by Gasteiger charge is -2.14. The molecule has 0 unspecified atom stereocenters. The second kappa shape index (κ2) is 6.35. The van der Waals surface area contributed by atoms with Crippen molar-refractivity contribution in [2.24, 2.45) is 7.05 Å². The van der Waals surface area contributed by atoms with Gasteiger partial charge >= 0.3 is 0 Å². The Labute approximate surface area is 124 Å². The van der Waals surface area contributed by atoms with Gasteiger partial charge in [0, 0.05) is 29.1 Å². The Morgan fingerprint density at radius 1 is 1.30 bits per heavy atom. The highest BCUT2D eigenvalue weighted by Gasteiger charge is 2.17. The Bertz CT molecular complexity index is 558. The number of nitrogens with one attached hydrogen (secondary N) is 1. The minimum atomic E-state index is 0.801. The van der Waals surface area contributed by atoms with Gasteiger partial charge in [-0.15, -0.1) is 11.8 Å². The lowest BCUT2D eigenvalue weighted by Crippen LogP contribution is -2.05. The van der Waals surface area contributed by atoms with E-state index in [2.05, 4.69) is 39.1 Å². The first kappa shape index (κ1) is 13.6. The van der Waals surface area contributed by atoms with Gasteiger partial charge in [0.15, 0.2) is 0 Å². The van der Waals surface area contributed by atoms with Gasteiger partial charge in [0.25, 0.3) is 0 Å². The average Bonchev–Trinajstić information content (AvgIpc) is 3.10. The van der Waals surface area contributed by atoms with Crippen LogP contribution in [0, 0.1) is 0 Å². The van der Waals surface area contributed by atoms with Crippen LogP contribution >= 0.6 is 11.8 Å². The molecule has 1 N–H and O–H groups in total. The van der Waals surface area contributed by atoms with Crippen molar-refractivity contribution in [1.29, 1.82) is 0 Å². The third-order valence-corrected chi connectivity index (χ3v) is 5.27. The molecule has 1 aliphatic rings. The fourth-order valence-electron chi connectivity index (χ4n) is 2.64. The predicted octanol–water partition coefficient (Wildman–Crippen LogP) is 4.07. The number of para-hydroxylation sites is 1. The fourth-order valence-corrected chi connectivity index (χ4v) is 3.99. The van der Waals surface area contributed by atoms with Gasteiger partial charge in [-0.3, -0.25) is 0 Å². The van der Waals surface area contributed by atoms with E-state index in [4.69, 9.17) is 0 Å². The van der Waals surface area contributed by atoms with E-state index in [0.29, 0.717) is 0 Å². The first-order valence-corrected chi connectivity index (χ1v) is 8.15. The summed E-state index contributed by atoms with van der Waals surface area (Å²) in [6.45, 7) is 0.818. The second-order valence-corrected chi connectivity index (χ2v) is 6.71. The first-order valence-electron chi connectivity index (χ1n) is 7.27. The van der Waals surface area contributed by atoms with Gasteiger partial charge in [-0.25, -0.2) is 4.98 Å². The number of thioether (sulfide) groups is 1. The molecule has 0 amide bonds. The van der Waals surface area contributed by atoms with Gasteiger partial charge in [-0.1, -0.05) is 25.0 Å². The Balaban J connectivity index is 1.67. The molecule has 1 aromatic carbocycles. The number of benzene rings is 1. The minimum absolute atomic E-state index is 0.801. The quantitative estimate of drug-likeness (QED) is 0.899. The average molecular weight is 287 g/mol. The van der Waals surface area contributed by atoms with Crippen molar-refractivity contribution in [2.75, 3.05) is 5.32 Å². The third-order valence-electron chi connectivity index (χ3n) is 3.86. The van der Waals surface area contributed by atoms with Gasteiger partial charge in [0.1, 0.15) is 0 Å². The molecule has 3 rings (SSSR count). The van der Waals surface area contributed by atoms with E-state index in [1.54, 1.807) is 0 Å². The Hall–Kier alpha value is -1.42. The van der Waals surface area contributed by atoms with Crippen LogP contribution in [0.3, 0.4) is 0 Å². The topological polar surface area (TPSA) is 29.9 Å². The number of hydrogen-bond acceptors (Lipinski definition) is 3. The lowest BCUT2D eigenvalue weighted by molar-refractivity contribution is 0.836. The molecule has 1 heterocycles. The fraction of sp³-hybridized carbons (Fsp3) is 0.438. The lowest BCUT2D eigenvalue weighted by atomic mass is 10.3. The molecule has 1 aromatic heterocycles. The molecule has 0 bridgehead atoms. The Morgan fingerprint density at radius 2 is 2.10 bits per heavy atom. The molecule has 2 aromatic rings. The molecule has 1 fully saturated rings. The van der Waals surface area contributed by atoms with Crippen LogP contribution in [-0.4, -0.2) is 14.8 Å². The van der Waals surface area contributed by atoms with Gasteiger partial charge in [-0.2, -0.15) is 0 Å². The zero-order valence-corrected chi connectivity index (χ0v) is 12.7. The van der Waals surface area contributed by atoms with E-state index in [0.717, 1.165) is 11.8 Å². The van der Waals surface area contributed by atoms with Crippen LogP contribution in [0.1, 0.15) is 31.4 Å². The number of anilines is 1. The molecule has 3 nitrogen and oxygen atoms in total. The summed E-state index contributed by atoms with van der Waals surface area (Å²) < 4.78 is 2.06.